The van der Waals surface area contributed by atoms with Crippen molar-refractivity contribution in [2.24, 2.45) is 0 Å². The fourth-order valence-electron chi connectivity index (χ4n) is 3.77. The van der Waals surface area contributed by atoms with Crippen molar-refractivity contribution in [1.82, 2.24) is 25.7 Å². The molecule has 1 saturated heterocycles. The Hall–Kier alpha value is -4.11. The van der Waals surface area contributed by atoms with E-state index in [0.717, 1.165) is 27.6 Å². The molecule has 1 aromatic carbocycles. The van der Waals surface area contributed by atoms with Crippen molar-refractivity contribution in [3.05, 3.63) is 66.2 Å². The second-order valence-corrected chi connectivity index (χ2v) is 7.66. The number of nitrogens with one attached hydrogen (secondary N) is 2. The first-order chi connectivity index (χ1) is 16.1. The quantitative estimate of drug-likeness (QED) is 0.161. The molecule has 0 spiro atoms. The Morgan fingerprint density at radius 1 is 1.06 bits per heavy atom. The molecule has 33 heavy (non-hydrogen) atoms. The number of aromatic nitrogens is 2. The molecule has 1 aliphatic heterocycles. The van der Waals surface area contributed by atoms with Gasteiger partial charge in [0.15, 0.2) is 0 Å². The topological polar surface area (TPSA) is 125 Å². The zero-order chi connectivity index (χ0) is 23.2. The smallest absolute Gasteiger partial charge is 0.303 e. The third-order valence-electron chi connectivity index (χ3n) is 5.44. The number of pyridine rings is 2. The fraction of sp³-hybridized carbons (Fsp3) is 0.208. The van der Waals surface area contributed by atoms with Crippen molar-refractivity contribution < 1.29 is 19.6 Å². The first-order valence-electron chi connectivity index (χ1n) is 10.6. The van der Waals surface area contributed by atoms with Gasteiger partial charge in [-0.3, -0.25) is 29.7 Å². The van der Waals surface area contributed by atoms with E-state index in [1.54, 1.807) is 30.1 Å². The molecule has 4 rings (SSSR count). The summed E-state index contributed by atoms with van der Waals surface area (Å²) in [7, 11) is 0. The zero-order valence-electron chi connectivity index (χ0n) is 17.8. The van der Waals surface area contributed by atoms with Crippen molar-refractivity contribution in [1.29, 1.82) is 0 Å². The molecule has 3 aromatic rings. The lowest BCUT2D eigenvalue weighted by Gasteiger charge is -2.11. The minimum atomic E-state index is -0.459. The molecule has 1 fully saturated rings. The van der Waals surface area contributed by atoms with E-state index in [2.05, 4.69) is 15.3 Å². The van der Waals surface area contributed by atoms with Gasteiger partial charge in [-0.1, -0.05) is 12.5 Å². The van der Waals surface area contributed by atoms with Crippen LogP contribution in [0.4, 0.5) is 4.79 Å². The lowest BCUT2D eigenvalue weighted by molar-refractivity contribution is -0.129. The third kappa shape index (κ3) is 5.04. The van der Waals surface area contributed by atoms with Crippen LogP contribution in [-0.4, -0.2) is 44.5 Å². The number of benzene rings is 1. The summed E-state index contributed by atoms with van der Waals surface area (Å²) in [6.45, 7) is 0.260. The largest absolute Gasteiger partial charge is 0.329 e. The van der Waals surface area contributed by atoms with Crippen LogP contribution in [0.1, 0.15) is 31.2 Å². The number of amides is 4. The van der Waals surface area contributed by atoms with Crippen LogP contribution in [-0.2, 0) is 9.59 Å². The Morgan fingerprint density at radius 3 is 2.67 bits per heavy atom. The summed E-state index contributed by atoms with van der Waals surface area (Å²) >= 11 is 0. The maximum absolute atomic E-state index is 12.7. The van der Waals surface area contributed by atoms with Gasteiger partial charge >= 0.3 is 6.03 Å². The summed E-state index contributed by atoms with van der Waals surface area (Å²) in [5, 5.41) is 12.1. The van der Waals surface area contributed by atoms with Gasteiger partial charge in [0.1, 0.15) is 5.70 Å². The van der Waals surface area contributed by atoms with Gasteiger partial charge < -0.3 is 5.32 Å². The molecule has 3 heterocycles. The van der Waals surface area contributed by atoms with Gasteiger partial charge in [0.25, 0.3) is 5.91 Å². The number of rotatable bonds is 8. The van der Waals surface area contributed by atoms with Gasteiger partial charge in [0.2, 0.25) is 5.91 Å². The Balaban J connectivity index is 1.49. The fourth-order valence-corrected chi connectivity index (χ4v) is 3.77. The van der Waals surface area contributed by atoms with Crippen LogP contribution in [0.15, 0.2) is 60.7 Å². The number of carbonyl (C=O) groups excluding carboxylic acids is 3. The Kier molecular flexibility index (Phi) is 6.70. The van der Waals surface area contributed by atoms with Crippen molar-refractivity contribution in [2.75, 3.05) is 6.54 Å². The van der Waals surface area contributed by atoms with E-state index in [1.165, 1.54) is 4.90 Å². The molecule has 0 radical (unpaired) electrons. The van der Waals surface area contributed by atoms with E-state index < -0.39 is 11.9 Å². The highest BCUT2D eigenvalue weighted by molar-refractivity contribution is 6.14. The zero-order valence-corrected chi connectivity index (χ0v) is 17.8. The van der Waals surface area contributed by atoms with E-state index in [4.69, 9.17) is 5.21 Å². The number of carbonyl (C=O) groups is 3. The minimum absolute atomic E-state index is 0.195. The molecule has 3 N–H and O–H groups in total. The van der Waals surface area contributed by atoms with E-state index in [0.29, 0.717) is 19.3 Å². The molecular formula is C24H23N5O4. The van der Waals surface area contributed by atoms with Gasteiger partial charge in [0.05, 0.1) is 5.52 Å². The van der Waals surface area contributed by atoms with Crippen LogP contribution in [0.2, 0.25) is 0 Å². The summed E-state index contributed by atoms with van der Waals surface area (Å²) in [6, 6.07) is 11.0. The second kappa shape index (κ2) is 10.0. The maximum atomic E-state index is 12.7. The molecule has 9 nitrogen and oxygen atoms in total. The van der Waals surface area contributed by atoms with Crippen LogP contribution in [0.5, 0.6) is 0 Å². The van der Waals surface area contributed by atoms with Gasteiger partial charge in [-0.25, -0.2) is 10.3 Å². The molecule has 0 aliphatic carbocycles. The lowest BCUT2D eigenvalue weighted by Crippen LogP contribution is -2.31. The molecule has 168 valence electrons. The number of imide groups is 1. The molecule has 9 heteroatoms. The average molecular weight is 445 g/mol. The monoisotopic (exact) mass is 445 g/mol. The van der Waals surface area contributed by atoms with Gasteiger partial charge in [-0.05, 0) is 65.9 Å². The first kappa shape index (κ1) is 22.1. The Labute approximate surface area is 190 Å². The molecule has 0 saturated carbocycles. The molecule has 2 aromatic heterocycles. The van der Waals surface area contributed by atoms with Crippen molar-refractivity contribution in [2.45, 2.75) is 25.7 Å². The molecule has 0 bridgehead atoms. The summed E-state index contributed by atoms with van der Waals surface area (Å²) in [5.41, 5.74) is 5.40. The minimum Gasteiger partial charge on any atom is -0.303 e. The van der Waals surface area contributed by atoms with Gasteiger partial charge in [0, 0.05) is 36.9 Å². The predicted molar refractivity (Wildman–Crippen MR) is 122 cm³/mol. The third-order valence-corrected chi connectivity index (χ3v) is 5.44. The maximum Gasteiger partial charge on any atom is 0.329 e. The second-order valence-electron chi connectivity index (χ2n) is 7.66. The molecule has 0 atom stereocenters. The van der Waals surface area contributed by atoms with Crippen molar-refractivity contribution in [3.63, 3.8) is 0 Å². The van der Waals surface area contributed by atoms with Crippen LogP contribution >= 0.6 is 0 Å². The van der Waals surface area contributed by atoms with Gasteiger partial charge in [-0.15, -0.1) is 0 Å². The predicted octanol–water partition coefficient (Wildman–Crippen LogP) is 3.26. The van der Waals surface area contributed by atoms with Crippen molar-refractivity contribution in [3.8, 4) is 11.1 Å². The lowest BCUT2D eigenvalue weighted by atomic mass is 10.0. The Bertz CT molecular complexity index is 1230. The number of unbranched alkanes of at least 4 members (excludes halogenated alkanes) is 2. The summed E-state index contributed by atoms with van der Waals surface area (Å²) in [5.74, 6) is -0.832. The van der Waals surface area contributed by atoms with Crippen molar-refractivity contribution >= 4 is 34.8 Å². The number of urea groups is 1. The molecule has 0 unspecified atom stereocenters. The average Bonchev–Trinajstić information content (AvgIpc) is 3.11. The number of hydrogen-bond donors (Lipinski definition) is 3. The number of nitrogens with zero attached hydrogens (tertiary/aromatic N) is 3. The SMILES string of the molecule is O=C(CCCCCN1C(=O)NC(=Cc2ccc3nccc(-c4ccncc4)c3c2)C1=O)NO. The van der Waals surface area contributed by atoms with E-state index in [9.17, 15) is 14.4 Å². The number of hydroxylamine groups is 1. The summed E-state index contributed by atoms with van der Waals surface area (Å²) in [4.78, 5) is 45.7. The standard InChI is InChI=1S/C24H23N5O4/c30-22(28-33)4-2-1-3-13-29-23(31)21(27-24(29)32)15-16-5-6-20-19(14-16)18(9-12-26-20)17-7-10-25-11-8-17/h5-12,14-15,33H,1-4,13H2,(H,27,32)(H,28,30). The van der Waals surface area contributed by atoms with Crippen LogP contribution in [0.3, 0.4) is 0 Å². The number of fused-ring (bicyclic) bond motifs is 1. The Morgan fingerprint density at radius 2 is 1.88 bits per heavy atom. The number of hydrogen-bond acceptors (Lipinski definition) is 6. The normalized spacial score (nSPS) is 14.7. The van der Waals surface area contributed by atoms with Crippen LogP contribution in [0, 0.1) is 0 Å². The van der Waals surface area contributed by atoms with E-state index in [1.807, 2.05) is 36.4 Å². The molecular weight excluding hydrogens is 422 g/mol. The van der Waals surface area contributed by atoms with E-state index >= 15 is 0 Å². The van der Waals surface area contributed by atoms with Crippen LogP contribution in [0.25, 0.3) is 28.1 Å². The summed E-state index contributed by atoms with van der Waals surface area (Å²) in [6.07, 6.45) is 8.86. The van der Waals surface area contributed by atoms with Gasteiger partial charge in [-0.2, -0.15) is 0 Å². The van der Waals surface area contributed by atoms with E-state index in [-0.39, 0.29) is 24.6 Å². The first-order valence-corrected chi connectivity index (χ1v) is 10.6. The highest BCUT2D eigenvalue weighted by Crippen LogP contribution is 2.28. The highest BCUT2D eigenvalue weighted by Gasteiger charge is 2.32. The molecule has 1 aliphatic rings. The summed E-state index contributed by atoms with van der Waals surface area (Å²) < 4.78 is 0. The van der Waals surface area contributed by atoms with Crippen LogP contribution < -0.4 is 10.8 Å². The highest BCUT2D eigenvalue weighted by atomic mass is 16.5. The molecule has 4 amide bonds.